The lowest BCUT2D eigenvalue weighted by Gasteiger charge is -2.34. The minimum atomic E-state index is 1.05. The molecule has 0 radical (unpaired) electrons. The Morgan fingerprint density at radius 3 is 0.540 bits per heavy atom. The zero-order valence-corrected chi connectivity index (χ0v) is 54.6. The van der Waals surface area contributed by atoms with Gasteiger partial charge in [-0.15, -0.1) is 0 Å². The van der Waals surface area contributed by atoms with Crippen LogP contribution in [0.2, 0.25) is 0 Å². The van der Waals surface area contributed by atoms with Crippen LogP contribution >= 0.6 is 0 Å². The number of fused-ring (bicyclic) bond motifs is 12. The molecule has 0 heterocycles. The molecule has 0 amide bonds. The predicted octanol–water partition coefficient (Wildman–Crippen LogP) is 27.7. The van der Waals surface area contributed by atoms with E-state index in [1.165, 1.54) is 86.2 Å². The molecule has 0 bridgehead atoms. The molecule has 4 nitrogen and oxygen atoms in total. The highest BCUT2D eigenvalue weighted by Crippen LogP contribution is 2.56. The second-order valence-corrected chi connectivity index (χ2v) is 26.4. The van der Waals surface area contributed by atoms with Gasteiger partial charge in [0, 0.05) is 77.8 Å². The van der Waals surface area contributed by atoms with Crippen molar-refractivity contribution >= 4 is 187 Å². The molecule has 20 rings (SSSR count). The SMILES string of the molecule is c1ccc(N(c2ccc3ccc4ccccc4c3c2)c2cc(N(c3ccccc3)c3ccc4ccc5ccccc5c4c3)c3ccc4c(N(c5ccccc5)c5ccc6ccc7ccccc7c6c5)cc(N(c5ccccc5)c5ccc6ccc7ccccc7c6c5)c5ccc2c3c54)cc1. The Bertz CT molecular complexity index is 5820. The Kier molecular flexibility index (Phi) is 13.2. The lowest BCUT2D eigenvalue weighted by Crippen LogP contribution is -2.16. The molecule has 100 heavy (non-hydrogen) atoms. The van der Waals surface area contributed by atoms with E-state index >= 15 is 0 Å². The number of hydrogen-bond acceptors (Lipinski definition) is 4. The van der Waals surface area contributed by atoms with E-state index in [4.69, 9.17) is 0 Å². The van der Waals surface area contributed by atoms with Crippen LogP contribution in [0.3, 0.4) is 0 Å². The smallest absolute Gasteiger partial charge is 0.0561 e. The molecule has 0 aliphatic rings. The summed E-state index contributed by atoms with van der Waals surface area (Å²) < 4.78 is 0. The Morgan fingerprint density at radius 1 is 0.120 bits per heavy atom. The van der Waals surface area contributed by atoms with Crippen molar-refractivity contribution in [3.63, 3.8) is 0 Å². The Morgan fingerprint density at radius 2 is 0.310 bits per heavy atom. The van der Waals surface area contributed by atoms with Crippen molar-refractivity contribution in [1.29, 1.82) is 0 Å². The van der Waals surface area contributed by atoms with Crippen molar-refractivity contribution in [2.24, 2.45) is 0 Å². The van der Waals surface area contributed by atoms with Gasteiger partial charge in [0.2, 0.25) is 0 Å². The van der Waals surface area contributed by atoms with E-state index in [-0.39, 0.29) is 0 Å². The van der Waals surface area contributed by atoms with Gasteiger partial charge in [-0.1, -0.05) is 267 Å². The summed E-state index contributed by atoms with van der Waals surface area (Å²) in [6, 6.07) is 140. The Hall–Kier alpha value is -13.3. The quantitative estimate of drug-likeness (QED) is 0.113. The third-order valence-electron chi connectivity index (χ3n) is 20.8. The van der Waals surface area contributed by atoms with Gasteiger partial charge in [-0.2, -0.15) is 0 Å². The van der Waals surface area contributed by atoms with Crippen molar-refractivity contribution in [2.75, 3.05) is 19.6 Å². The van der Waals surface area contributed by atoms with Crippen LogP contribution in [-0.4, -0.2) is 0 Å². The van der Waals surface area contributed by atoms with Crippen LogP contribution in [0.1, 0.15) is 0 Å². The summed E-state index contributed by atoms with van der Waals surface area (Å²) in [5, 5.41) is 26.0. The highest BCUT2D eigenvalue weighted by molar-refractivity contribution is 6.33. The van der Waals surface area contributed by atoms with Gasteiger partial charge in [0.05, 0.1) is 22.7 Å². The topological polar surface area (TPSA) is 13.0 Å². The normalized spacial score (nSPS) is 11.8. The highest BCUT2D eigenvalue weighted by Gasteiger charge is 2.30. The summed E-state index contributed by atoms with van der Waals surface area (Å²) in [5.41, 5.74) is 12.6. The first-order valence-corrected chi connectivity index (χ1v) is 34.5. The maximum absolute atomic E-state index is 2.51. The molecular weight excluding hydrogens is 1210 g/mol. The van der Waals surface area contributed by atoms with Crippen LogP contribution in [0.15, 0.2) is 376 Å². The molecule has 20 aromatic rings. The van der Waals surface area contributed by atoms with Gasteiger partial charge in [-0.25, -0.2) is 0 Å². The van der Waals surface area contributed by atoms with E-state index in [0.717, 1.165) is 101 Å². The highest BCUT2D eigenvalue weighted by atomic mass is 15.2. The first-order chi connectivity index (χ1) is 49.6. The number of nitrogens with zero attached hydrogens (tertiary/aromatic N) is 4. The van der Waals surface area contributed by atoms with Crippen molar-refractivity contribution in [3.8, 4) is 0 Å². The van der Waals surface area contributed by atoms with Crippen molar-refractivity contribution in [3.05, 3.63) is 376 Å². The molecule has 0 saturated carbocycles. The fraction of sp³-hybridized carbons (Fsp3) is 0. The summed E-state index contributed by atoms with van der Waals surface area (Å²) in [6.45, 7) is 0. The molecule has 20 aromatic carbocycles. The molecule has 0 spiro atoms. The van der Waals surface area contributed by atoms with Crippen LogP contribution in [0.25, 0.3) is 118 Å². The van der Waals surface area contributed by atoms with Gasteiger partial charge >= 0.3 is 0 Å². The molecule has 4 heteroatoms. The molecule has 0 fully saturated rings. The number of hydrogen-bond donors (Lipinski definition) is 0. The van der Waals surface area contributed by atoms with Crippen molar-refractivity contribution < 1.29 is 0 Å². The molecule has 0 unspecified atom stereocenters. The summed E-state index contributed by atoms with van der Waals surface area (Å²) in [4.78, 5) is 10.1. The van der Waals surface area contributed by atoms with Gasteiger partial charge in [-0.05, 0) is 195 Å². The first-order valence-electron chi connectivity index (χ1n) is 34.5. The largest absolute Gasteiger partial charge is 0.310 e. The second-order valence-electron chi connectivity index (χ2n) is 26.4. The van der Waals surface area contributed by atoms with Crippen LogP contribution in [0.4, 0.5) is 68.2 Å². The predicted molar refractivity (Wildman–Crippen MR) is 429 cm³/mol. The molecule has 0 aromatic heterocycles. The van der Waals surface area contributed by atoms with E-state index in [1.807, 2.05) is 0 Å². The van der Waals surface area contributed by atoms with Gasteiger partial charge in [0.25, 0.3) is 0 Å². The monoisotopic (exact) mass is 1270 g/mol. The maximum atomic E-state index is 2.51. The second kappa shape index (κ2) is 23.2. The average Bonchev–Trinajstić information content (AvgIpc) is 0.697. The zero-order chi connectivity index (χ0) is 65.8. The summed E-state index contributed by atoms with van der Waals surface area (Å²) >= 11 is 0. The average molecular weight is 1270 g/mol. The van der Waals surface area contributed by atoms with E-state index in [1.54, 1.807) is 0 Å². The van der Waals surface area contributed by atoms with E-state index in [2.05, 4.69) is 396 Å². The number of rotatable bonds is 12. The summed E-state index contributed by atoms with van der Waals surface area (Å²) in [5.74, 6) is 0. The van der Waals surface area contributed by atoms with Crippen molar-refractivity contribution in [1.82, 2.24) is 0 Å². The number of anilines is 12. The molecule has 466 valence electrons. The lowest BCUT2D eigenvalue weighted by atomic mass is 9.89. The Labute approximate surface area is 578 Å². The summed E-state index contributed by atoms with van der Waals surface area (Å²) in [7, 11) is 0. The van der Waals surface area contributed by atoms with Gasteiger partial charge in [0.15, 0.2) is 0 Å². The lowest BCUT2D eigenvalue weighted by molar-refractivity contribution is 1.27. The third-order valence-corrected chi connectivity index (χ3v) is 20.8. The van der Waals surface area contributed by atoms with Gasteiger partial charge in [0.1, 0.15) is 0 Å². The van der Waals surface area contributed by atoms with Crippen LogP contribution in [-0.2, 0) is 0 Å². The maximum Gasteiger partial charge on any atom is 0.0561 e. The van der Waals surface area contributed by atoms with Crippen LogP contribution in [0.5, 0.6) is 0 Å². The van der Waals surface area contributed by atoms with E-state index < -0.39 is 0 Å². The Balaban J connectivity index is 0.961. The van der Waals surface area contributed by atoms with E-state index in [9.17, 15) is 0 Å². The molecule has 0 N–H and O–H groups in total. The van der Waals surface area contributed by atoms with Gasteiger partial charge in [-0.3, -0.25) is 0 Å². The number of benzene rings is 20. The minimum absolute atomic E-state index is 1.05. The molecule has 0 saturated heterocycles. The minimum Gasteiger partial charge on any atom is -0.310 e. The van der Waals surface area contributed by atoms with Crippen molar-refractivity contribution in [2.45, 2.75) is 0 Å². The third kappa shape index (κ3) is 9.30. The molecular formula is C96H62N4. The molecule has 0 atom stereocenters. The van der Waals surface area contributed by atoms with E-state index in [0.29, 0.717) is 0 Å². The van der Waals surface area contributed by atoms with Crippen LogP contribution in [0, 0.1) is 0 Å². The molecule has 0 aliphatic heterocycles. The summed E-state index contributed by atoms with van der Waals surface area (Å²) in [6.07, 6.45) is 0. The molecule has 0 aliphatic carbocycles. The fourth-order valence-electron chi connectivity index (χ4n) is 16.2. The number of para-hydroxylation sites is 4. The first kappa shape index (κ1) is 57.0. The standard InChI is InChI=1S/C96H62N4/c1-5-25-71(26-6-1)97(75-49-45-67-41-37-63-21-13-17-33-79(63)87(67)57-75)91-61-92(98(72-27-7-2-8-28-72)76-50-46-68-42-38-64-22-14-18-34-80(64)88(68)58-76)84-55-56-86-94(100(74-31-11-4-12-32-74)78-52-48-70-44-40-66-24-16-20-36-82(66)90(70)60-78)62-93(85-54-53-83(91)95(84)96(85)86)99(73-29-9-3-10-30-73)77-51-47-69-43-39-65-23-15-19-35-81(65)89(69)59-77/h1-62H. The zero-order valence-electron chi connectivity index (χ0n) is 54.6. The van der Waals surface area contributed by atoms with Gasteiger partial charge < -0.3 is 19.6 Å². The van der Waals surface area contributed by atoms with Crippen LogP contribution < -0.4 is 19.6 Å². The fourth-order valence-corrected chi connectivity index (χ4v) is 16.2.